The fraction of sp³-hybridized carbons (Fsp3) is 0.348. The SMILES string of the molecule is Cc1ccc(N2C(=O)C(O)=C(P(=O)(OC(C)C)OC(C)C)[C@@H]2c2ccc(F)cc2)cc1.Cc1ccc(N2C(=O)C(O)=C(P(=O)(OC(C)C)OC(C)C)[C@H]2c2ccc(F)cc2)cc1. The maximum Gasteiger partial charge on any atom is 0.364 e. The van der Waals surface area contributed by atoms with Gasteiger partial charge in [0.15, 0.2) is 11.5 Å². The Balaban J connectivity index is 0.000000234. The Morgan fingerprint density at radius 2 is 0.742 bits per heavy atom. The lowest BCUT2D eigenvalue weighted by Crippen LogP contribution is -2.30. The predicted molar refractivity (Wildman–Crippen MR) is 235 cm³/mol. The minimum absolute atomic E-state index is 0.146. The second-order valence-electron chi connectivity index (χ2n) is 16.0. The van der Waals surface area contributed by atoms with E-state index in [1.807, 2.05) is 38.1 Å². The van der Waals surface area contributed by atoms with Gasteiger partial charge >= 0.3 is 15.2 Å². The number of aryl methyl sites for hydroxylation is 2. The quantitative estimate of drug-likeness (QED) is 0.117. The molecule has 2 aliphatic rings. The molecule has 0 spiro atoms. The number of anilines is 2. The van der Waals surface area contributed by atoms with Crippen LogP contribution in [0.15, 0.2) is 119 Å². The Morgan fingerprint density at radius 3 is 0.984 bits per heavy atom. The van der Waals surface area contributed by atoms with Gasteiger partial charge in [-0.1, -0.05) is 59.7 Å². The van der Waals surface area contributed by atoms with Crippen molar-refractivity contribution in [2.24, 2.45) is 0 Å². The molecule has 4 aromatic rings. The van der Waals surface area contributed by atoms with Gasteiger partial charge in [-0.15, -0.1) is 0 Å². The fourth-order valence-corrected chi connectivity index (χ4v) is 11.6. The molecule has 2 N–H and O–H groups in total. The molecule has 0 aromatic heterocycles. The summed E-state index contributed by atoms with van der Waals surface area (Å²) >= 11 is 0. The van der Waals surface area contributed by atoms with Gasteiger partial charge in [-0.05, 0) is 129 Å². The van der Waals surface area contributed by atoms with Gasteiger partial charge in [-0.25, -0.2) is 8.78 Å². The van der Waals surface area contributed by atoms with E-state index in [9.17, 15) is 37.7 Å². The largest absolute Gasteiger partial charge is 0.503 e. The van der Waals surface area contributed by atoms with Crippen LogP contribution >= 0.6 is 15.2 Å². The van der Waals surface area contributed by atoms with Crippen molar-refractivity contribution in [3.8, 4) is 0 Å². The number of amides is 2. The molecule has 16 heteroatoms. The van der Waals surface area contributed by atoms with Gasteiger partial charge in [-0.2, -0.15) is 0 Å². The molecule has 0 saturated heterocycles. The lowest BCUT2D eigenvalue weighted by atomic mass is 10.1. The molecular weight excluding hydrogens is 840 g/mol. The van der Waals surface area contributed by atoms with Gasteiger partial charge in [0.05, 0.1) is 36.5 Å². The van der Waals surface area contributed by atoms with E-state index < -0.39 is 86.7 Å². The first-order chi connectivity index (χ1) is 29.1. The normalized spacial score (nSPS) is 17.4. The molecule has 2 heterocycles. The van der Waals surface area contributed by atoms with Crippen LogP contribution in [0.5, 0.6) is 0 Å². The molecule has 0 fully saturated rings. The first kappa shape index (κ1) is 48.1. The summed E-state index contributed by atoms with van der Waals surface area (Å²) in [5.74, 6) is -3.73. The van der Waals surface area contributed by atoms with Crippen LogP contribution in [-0.4, -0.2) is 46.4 Å². The Hall–Kier alpha value is -4.94. The van der Waals surface area contributed by atoms with Crippen molar-refractivity contribution in [2.45, 2.75) is 106 Å². The number of benzene rings is 4. The van der Waals surface area contributed by atoms with Crippen molar-refractivity contribution < 1.29 is 55.8 Å². The van der Waals surface area contributed by atoms with E-state index in [-0.39, 0.29) is 10.6 Å². The van der Waals surface area contributed by atoms with Crippen LogP contribution in [0.4, 0.5) is 20.2 Å². The average molecular weight is 895 g/mol. The van der Waals surface area contributed by atoms with Gasteiger partial charge < -0.3 is 28.3 Å². The number of halogens is 2. The van der Waals surface area contributed by atoms with Gasteiger partial charge in [0.25, 0.3) is 11.8 Å². The van der Waals surface area contributed by atoms with Gasteiger partial charge in [0, 0.05) is 11.4 Å². The Bertz CT molecular complexity index is 2200. The summed E-state index contributed by atoms with van der Waals surface area (Å²) in [6.07, 6.45) is -1.99. The van der Waals surface area contributed by atoms with Crippen LogP contribution in [0.2, 0.25) is 0 Å². The zero-order valence-electron chi connectivity index (χ0n) is 36.4. The van der Waals surface area contributed by atoms with E-state index in [1.54, 1.807) is 79.7 Å². The van der Waals surface area contributed by atoms with E-state index >= 15 is 0 Å². The number of carbonyl (C=O) groups is 2. The lowest BCUT2D eigenvalue weighted by molar-refractivity contribution is -0.117. The third kappa shape index (κ3) is 10.6. The van der Waals surface area contributed by atoms with Crippen molar-refractivity contribution in [1.29, 1.82) is 0 Å². The summed E-state index contributed by atoms with van der Waals surface area (Å²) in [5, 5.41) is 21.5. The van der Waals surface area contributed by atoms with Crippen LogP contribution in [0, 0.1) is 25.5 Å². The standard InChI is InChI=1S/2C23H27FNO5P/c2*1-14(2)29-31(28,30-15(3)4)22-20(17-8-10-18(24)11-9-17)25(23(27)21(22)26)19-12-6-16(5)7-13-19/h2*6-15,20,26H,1-5H3/t2*20-/m10/s1. The first-order valence-corrected chi connectivity index (χ1v) is 23.3. The zero-order chi connectivity index (χ0) is 45.8. The Labute approximate surface area is 361 Å². The van der Waals surface area contributed by atoms with E-state index in [0.717, 1.165) is 11.1 Å². The molecule has 0 bridgehead atoms. The van der Waals surface area contributed by atoms with Crippen molar-refractivity contribution in [3.05, 3.63) is 153 Å². The third-order valence-electron chi connectivity index (χ3n) is 9.35. The van der Waals surface area contributed by atoms with Crippen LogP contribution in [0.1, 0.15) is 89.7 Å². The molecule has 0 unspecified atom stereocenters. The highest BCUT2D eigenvalue weighted by Crippen LogP contribution is 2.67. The molecule has 6 rings (SSSR count). The summed E-state index contributed by atoms with van der Waals surface area (Å²) in [5.41, 5.74) is 3.90. The molecule has 0 saturated carbocycles. The number of carbonyl (C=O) groups excluding carboxylic acids is 2. The van der Waals surface area contributed by atoms with Crippen molar-refractivity contribution in [1.82, 2.24) is 0 Å². The second kappa shape index (κ2) is 19.6. The van der Waals surface area contributed by atoms with Gasteiger partial charge in [0.2, 0.25) is 0 Å². The number of hydrogen-bond donors (Lipinski definition) is 2. The second-order valence-corrected chi connectivity index (χ2v) is 19.8. The van der Waals surface area contributed by atoms with E-state index in [4.69, 9.17) is 18.1 Å². The topological polar surface area (TPSA) is 152 Å². The average Bonchev–Trinajstić information content (AvgIpc) is 3.60. The molecule has 12 nitrogen and oxygen atoms in total. The highest BCUT2D eigenvalue weighted by molar-refractivity contribution is 7.59. The summed E-state index contributed by atoms with van der Waals surface area (Å²) in [6, 6.07) is 23.2. The lowest BCUT2D eigenvalue weighted by Gasteiger charge is -2.31. The minimum Gasteiger partial charge on any atom is -0.503 e. The molecule has 2 atom stereocenters. The van der Waals surface area contributed by atoms with Gasteiger partial charge in [-0.3, -0.25) is 28.5 Å². The zero-order valence-corrected chi connectivity index (χ0v) is 38.2. The van der Waals surface area contributed by atoms with Crippen molar-refractivity contribution >= 4 is 38.4 Å². The third-order valence-corrected chi connectivity index (χ3v) is 14.2. The van der Waals surface area contributed by atoms with E-state index in [0.29, 0.717) is 22.5 Å². The first-order valence-electron chi connectivity index (χ1n) is 20.2. The van der Waals surface area contributed by atoms with Crippen molar-refractivity contribution in [3.63, 3.8) is 0 Å². The highest BCUT2D eigenvalue weighted by atomic mass is 31.2. The fourth-order valence-electron chi connectivity index (χ4n) is 6.98. The summed E-state index contributed by atoms with van der Waals surface area (Å²) in [7, 11) is -8.20. The summed E-state index contributed by atoms with van der Waals surface area (Å²) < 4.78 is 77.9. The smallest absolute Gasteiger partial charge is 0.364 e. The monoisotopic (exact) mass is 894 g/mol. The number of aliphatic hydroxyl groups is 2. The van der Waals surface area contributed by atoms with Gasteiger partial charge in [0.1, 0.15) is 22.3 Å². The van der Waals surface area contributed by atoms with Crippen LogP contribution < -0.4 is 9.80 Å². The molecule has 2 amide bonds. The van der Waals surface area contributed by atoms with Crippen LogP contribution in [-0.2, 0) is 36.8 Å². The Kier molecular flexibility index (Phi) is 15.2. The molecule has 4 aromatic carbocycles. The summed E-state index contributed by atoms with van der Waals surface area (Å²) in [6.45, 7) is 17.3. The predicted octanol–water partition coefficient (Wildman–Crippen LogP) is 12.1. The van der Waals surface area contributed by atoms with E-state index in [2.05, 4.69) is 0 Å². The molecule has 0 aliphatic carbocycles. The highest BCUT2D eigenvalue weighted by Gasteiger charge is 2.53. The molecule has 62 heavy (non-hydrogen) atoms. The number of nitrogens with zero attached hydrogens (tertiary/aromatic N) is 2. The number of hydrogen-bond acceptors (Lipinski definition) is 10. The molecule has 0 radical (unpaired) electrons. The molecule has 332 valence electrons. The van der Waals surface area contributed by atoms with Crippen LogP contribution in [0.25, 0.3) is 0 Å². The number of aliphatic hydroxyl groups excluding tert-OH is 2. The molecule has 2 aliphatic heterocycles. The van der Waals surface area contributed by atoms with Crippen LogP contribution in [0.3, 0.4) is 0 Å². The summed E-state index contributed by atoms with van der Waals surface area (Å²) in [4.78, 5) is 29.0. The van der Waals surface area contributed by atoms with Crippen molar-refractivity contribution in [2.75, 3.05) is 9.80 Å². The molecular formula is C46H54F2N2O10P2. The van der Waals surface area contributed by atoms with E-state index in [1.165, 1.54) is 58.3 Å². The number of rotatable bonds is 14. The minimum atomic E-state index is -4.10. The Morgan fingerprint density at radius 1 is 0.484 bits per heavy atom. The maximum atomic E-state index is 14.0. The maximum absolute atomic E-state index is 14.0.